The smallest absolute Gasteiger partial charge is 0.332 e. The van der Waals surface area contributed by atoms with Crippen molar-refractivity contribution in [3.63, 3.8) is 0 Å². The molecule has 2 aromatic carbocycles. The summed E-state index contributed by atoms with van der Waals surface area (Å²) >= 11 is 0. The van der Waals surface area contributed by atoms with Crippen LogP contribution in [0, 0.1) is 5.41 Å². The molecule has 1 saturated heterocycles. The Morgan fingerprint density at radius 2 is 1.61 bits per heavy atom. The van der Waals surface area contributed by atoms with E-state index in [2.05, 4.69) is 16.8 Å². The number of carbonyl (C=O) groups is 2. The summed E-state index contributed by atoms with van der Waals surface area (Å²) in [5.74, 6) is -0.974. The Morgan fingerprint density at radius 1 is 0.970 bits per heavy atom. The lowest BCUT2D eigenvalue weighted by atomic mass is 9.85. The van der Waals surface area contributed by atoms with E-state index in [4.69, 9.17) is 0 Å². The summed E-state index contributed by atoms with van der Waals surface area (Å²) in [7, 11) is 2.15. The fourth-order valence-electron chi connectivity index (χ4n) is 3.82. The van der Waals surface area contributed by atoms with Crippen LogP contribution in [0.1, 0.15) is 47.8 Å². The lowest BCUT2D eigenvalue weighted by molar-refractivity contribution is -0.133. The summed E-state index contributed by atoms with van der Waals surface area (Å²) < 4.78 is 0. The molecule has 33 heavy (non-hydrogen) atoms. The molecule has 1 heterocycles. The molecular formula is C28H34N2O3. The molecule has 0 aromatic heterocycles. The van der Waals surface area contributed by atoms with Crippen LogP contribution in [0.2, 0.25) is 0 Å². The van der Waals surface area contributed by atoms with Gasteiger partial charge in [-0.1, -0.05) is 69.3 Å². The number of hydrogen-bond acceptors (Lipinski definition) is 4. The third-order valence-electron chi connectivity index (χ3n) is 5.93. The predicted molar refractivity (Wildman–Crippen MR) is 134 cm³/mol. The maximum Gasteiger partial charge on any atom is 0.332 e. The van der Waals surface area contributed by atoms with E-state index in [1.165, 1.54) is 5.56 Å². The maximum absolute atomic E-state index is 12.6. The number of allylic oxidation sites excluding steroid dienone is 1. The zero-order chi connectivity index (χ0) is 24.0. The number of piperazine rings is 1. The molecule has 1 aliphatic heterocycles. The Bertz CT molecular complexity index is 1040. The van der Waals surface area contributed by atoms with Gasteiger partial charge in [0.2, 0.25) is 0 Å². The van der Waals surface area contributed by atoms with Crippen LogP contribution in [0.4, 0.5) is 0 Å². The summed E-state index contributed by atoms with van der Waals surface area (Å²) in [4.78, 5) is 29.0. The van der Waals surface area contributed by atoms with Crippen LogP contribution < -0.4 is 0 Å². The number of carboxylic acids is 1. The van der Waals surface area contributed by atoms with Crippen LogP contribution >= 0.6 is 0 Å². The van der Waals surface area contributed by atoms with Crippen molar-refractivity contribution in [1.82, 2.24) is 9.80 Å². The number of nitrogens with zero attached hydrogens (tertiary/aromatic N) is 2. The van der Waals surface area contributed by atoms with Gasteiger partial charge in [0.05, 0.1) is 0 Å². The average molecular weight is 447 g/mol. The molecule has 1 aliphatic rings. The monoisotopic (exact) mass is 446 g/mol. The van der Waals surface area contributed by atoms with Crippen LogP contribution in [0.25, 0.3) is 12.2 Å². The quantitative estimate of drug-likeness (QED) is 0.487. The zero-order valence-corrected chi connectivity index (χ0v) is 20.0. The molecule has 1 N–H and O–H groups in total. The van der Waals surface area contributed by atoms with Gasteiger partial charge in [-0.25, -0.2) is 4.79 Å². The van der Waals surface area contributed by atoms with Gasteiger partial charge in [0.25, 0.3) is 0 Å². The summed E-state index contributed by atoms with van der Waals surface area (Å²) in [5, 5.41) is 9.53. The average Bonchev–Trinajstić information content (AvgIpc) is 2.77. The summed E-state index contributed by atoms with van der Waals surface area (Å²) in [6.45, 7) is 10.9. The van der Waals surface area contributed by atoms with E-state index in [0.29, 0.717) is 11.1 Å². The number of aliphatic carboxylic acids is 1. The number of rotatable bonds is 7. The first kappa shape index (κ1) is 24.6. The first-order valence-electron chi connectivity index (χ1n) is 11.4. The molecule has 0 bridgehead atoms. The van der Waals surface area contributed by atoms with Gasteiger partial charge in [0, 0.05) is 43.9 Å². The molecule has 0 unspecified atom stereocenters. The van der Waals surface area contributed by atoms with Gasteiger partial charge in [-0.15, -0.1) is 0 Å². The second-order valence-corrected chi connectivity index (χ2v) is 9.76. The summed E-state index contributed by atoms with van der Waals surface area (Å²) in [5.41, 5.74) is 3.39. The molecule has 0 amide bonds. The van der Waals surface area contributed by atoms with Crippen LogP contribution in [0.5, 0.6) is 0 Å². The van der Waals surface area contributed by atoms with Crippen molar-refractivity contribution < 1.29 is 14.7 Å². The molecule has 0 spiro atoms. The summed E-state index contributed by atoms with van der Waals surface area (Å²) in [6, 6.07) is 15.4. The van der Waals surface area contributed by atoms with Gasteiger partial charge < -0.3 is 10.0 Å². The Hall–Kier alpha value is -3.02. The van der Waals surface area contributed by atoms with Crippen LogP contribution in [0.15, 0.2) is 60.2 Å². The Balaban J connectivity index is 1.66. The van der Waals surface area contributed by atoms with Gasteiger partial charge in [0.15, 0.2) is 5.78 Å². The highest BCUT2D eigenvalue weighted by Crippen LogP contribution is 2.27. The lowest BCUT2D eigenvalue weighted by Crippen LogP contribution is -2.43. The van der Waals surface area contributed by atoms with E-state index in [9.17, 15) is 14.7 Å². The molecule has 0 atom stereocenters. The number of likely N-dealkylation sites (N-methyl/N-ethyl adjacent to an activating group) is 1. The third-order valence-corrected chi connectivity index (χ3v) is 5.93. The predicted octanol–water partition coefficient (Wildman–Crippen LogP) is 4.84. The van der Waals surface area contributed by atoms with Crippen molar-refractivity contribution in [2.45, 2.75) is 27.3 Å². The van der Waals surface area contributed by atoms with Crippen LogP contribution in [-0.2, 0) is 11.3 Å². The first-order chi connectivity index (χ1) is 15.6. The van der Waals surface area contributed by atoms with Crippen molar-refractivity contribution in [2.24, 2.45) is 5.41 Å². The molecule has 0 radical (unpaired) electrons. The summed E-state index contributed by atoms with van der Waals surface area (Å²) in [6.07, 6.45) is 5.04. The van der Waals surface area contributed by atoms with E-state index >= 15 is 0 Å². The molecule has 0 aliphatic carbocycles. The molecule has 1 fully saturated rings. The van der Waals surface area contributed by atoms with E-state index < -0.39 is 11.4 Å². The molecular weight excluding hydrogens is 412 g/mol. The number of hydrogen-bond donors (Lipinski definition) is 1. The highest BCUT2D eigenvalue weighted by atomic mass is 16.4. The second kappa shape index (κ2) is 10.7. The van der Waals surface area contributed by atoms with Gasteiger partial charge >= 0.3 is 5.97 Å². The first-order valence-corrected chi connectivity index (χ1v) is 11.4. The minimum Gasteiger partial charge on any atom is -0.478 e. The van der Waals surface area contributed by atoms with Crippen molar-refractivity contribution in [3.05, 3.63) is 82.4 Å². The Kier molecular flexibility index (Phi) is 8.01. The van der Waals surface area contributed by atoms with Crippen LogP contribution in [-0.4, -0.2) is 59.9 Å². The fraction of sp³-hybridized carbons (Fsp3) is 0.357. The minimum atomic E-state index is -0.922. The van der Waals surface area contributed by atoms with Crippen molar-refractivity contribution in [1.29, 1.82) is 0 Å². The normalized spacial score (nSPS) is 16.3. The van der Waals surface area contributed by atoms with Crippen molar-refractivity contribution in [3.8, 4) is 0 Å². The van der Waals surface area contributed by atoms with E-state index in [-0.39, 0.29) is 5.78 Å². The Morgan fingerprint density at radius 3 is 2.21 bits per heavy atom. The van der Waals surface area contributed by atoms with Gasteiger partial charge in [-0.05, 0) is 47.4 Å². The number of carboxylic acid groups (broad SMARTS) is 1. The van der Waals surface area contributed by atoms with Gasteiger partial charge in [-0.2, -0.15) is 0 Å². The topological polar surface area (TPSA) is 60.9 Å². The Labute approximate surface area is 197 Å². The lowest BCUT2D eigenvalue weighted by Gasteiger charge is -2.32. The molecule has 5 nitrogen and oxygen atoms in total. The van der Waals surface area contributed by atoms with Gasteiger partial charge in [-0.3, -0.25) is 9.69 Å². The zero-order valence-electron chi connectivity index (χ0n) is 20.0. The number of benzene rings is 2. The minimum absolute atomic E-state index is 0.0528. The SMILES string of the molecule is CN1CCN(Cc2ccc(C(=O)/C=C/c3cccc(/C=C(\C(=O)O)C(C)(C)C)c3)cc2)CC1. The van der Waals surface area contributed by atoms with E-state index in [1.54, 1.807) is 18.2 Å². The second-order valence-electron chi connectivity index (χ2n) is 9.76. The maximum atomic E-state index is 12.6. The van der Waals surface area contributed by atoms with E-state index in [0.717, 1.165) is 43.9 Å². The third kappa shape index (κ3) is 7.24. The largest absolute Gasteiger partial charge is 0.478 e. The number of carbonyl (C=O) groups excluding carboxylic acids is 1. The molecule has 0 saturated carbocycles. The molecule has 5 heteroatoms. The van der Waals surface area contributed by atoms with Crippen molar-refractivity contribution >= 4 is 23.9 Å². The standard InChI is InChI=1S/C28H34N2O3/c1-28(2,3)25(27(32)33)19-23-7-5-6-21(18-23)10-13-26(31)24-11-8-22(9-12-24)20-30-16-14-29(4)15-17-30/h5-13,18-19H,14-17,20H2,1-4H3,(H,32,33)/b13-10+,25-19+. The van der Waals surface area contributed by atoms with Gasteiger partial charge in [0.1, 0.15) is 0 Å². The number of ketones is 1. The van der Waals surface area contributed by atoms with Crippen molar-refractivity contribution in [2.75, 3.05) is 33.2 Å². The van der Waals surface area contributed by atoms with Crippen LogP contribution in [0.3, 0.4) is 0 Å². The molecule has 3 rings (SSSR count). The highest BCUT2D eigenvalue weighted by molar-refractivity contribution is 6.06. The van der Waals surface area contributed by atoms with E-state index in [1.807, 2.05) is 69.3 Å². The molecule has 2 aromatic rings. The molecule has 174 valence electrons. The fourth-order valence-corrected chi connectivity index (χ4v) is 3.82. The highest BCUT2D eigenvalue weighted by Gasteiger charge is 2.23.